The van der Waals surface area contributed by atoms with E-state index in [0.29, 0.717) is 16.8 Å². The van der Waals surface area contributed by atoms with E-state index in [9.17, 15) is 4.79 Å². The van der Waals surface area contributed by atoms with Gasteiger partial charge in [0.15, 0.2) is 5.58 Å². The SMILES string of the molecule is O=C(CSc1nc2ccccc2o1)Nc1cnn(CC2CCOCC2)c1. The number of nitrogens with one attached hydrogen (secondary N) is 1. The molecule has 0 saturated carbocycles. The van der Waals surface area contributed by atoms with Gasteiger partial charge in [-0.2, -0.15) is 5.10 Å². The third-order valence-electron chi connectivity index (χ3n) is 4.30. The van der Waals surface area contributed by atoms with Gasteiger partial charge in [0.2, 0.25) is 5.91 Å². The summed E-state index contributed by atoms with van der Waals surface area (Å²) in [5.74, 6) is 0.711. The van der Waals surface area contributed by atoms with Gasteiger partial charge in [-0.1, -0.05) is 23.9 Å². The molecule has 0 spiro atoms. The highest BCUT2D eigenvalue weighted by Crippen LogP contribution is 2.23. The van der Waals surface area contributed by atoms with E-state index < -0.39 is 0 Å². The summed E-state index contributed by atoms with van der Waals surface area (Å²) in [5, 5.41) is 7.70. The third-order valence-corrected chi connectivity index (χ3v) is 5.13. The summed E-state index contributed by atoms with van der Waals surface area (Å²) >= 11 is 1.28. The molecule has 1 fully saturated rings. The maximum Gasteiger partial charge on any atom is 0.257 e. The fraction of sp³-hybridized carbons (Fsp3) is 0.389. The van der Waals surface area contributed by atoms with Gasteiger partial charge in [-0.15, -0.1) is 0 Å². The highest BCUT2D eigenvalue weighted by atomic mass is 32.2. The van der Waals surface area contributed by atoms with Gasteiger partial charge in [-0.25, -0.2) is 4.98 Å². The van der Waals surface area contributed by atoms with Gasteiger partial charge in [-0.05, 0) is 30.9 Å². The highest BCUT2D eigenvalue weighted by molar-refractivity contribution is 7.99. The van der Waals surface area contributed by atoms with E-state index in [2.05, 4.69) is 15.4 Å². The molecule has 136 valence electrons. The van der Waals surface area contributed by atoms with Crippen molar-refractivity contribution in [2.75, 3.05) is 24.3 Å². The van der Waals surface area contributed by atoms with Gasteiger partial charge in [0.25, 0.3) is 5.22 Å². The molecule has 1 aliphatic heterocycles. The molecular weight excluding hydrogens is 352 g/mol. The molecule has 8 heteroatoms. The second-order valence-corrected chi connectivity index (χ2v) is 7.22. The van der Waals surface area contributed by atoms with Crippen LogP contribution in [0.15, 0.2) is 46.3 Å². The Kier molecular flexibility index (Phi) is 5.21. The first kappa shape index (κ1) is 17.1. The smallest absolute Gasteiger partial charge is 0.257 e. The molecule has 1 N–H and O–H groups in total. The van der Waals surface area contributed by atoms with Gasteiger partial charge in [0.1, 0.15) is 5.52 Å². The van der Waals surface area contributed by atoms with Crippen molar-refractivity contribution in [3.63, 3.8) is 0 Å². The zero-order valence-corrected chi connectivity index (χ0v) is 15.1. The summed E-state index contributed by atoms with van der Waals surface area (Å²) < 4.78 is 12.9. The summed E-state index contributed by atoms with van der Waals surface area (Å²) in [5.41, 5.74) is 2.23. The Bertz CT molecular complexity index is 852. The monoisotopic (exact) mass is 372 g/mol. The molecule has 3 heterocycles. The van der Waals surface area contributed by atoms with Crippen molar-refractivity contribution in [1.29, 1.82) is 0 Å². The number of benzene rings is 1. The second-order valence-electron chi connectivity index (χ2n) is 6.29. The minimum atomic E-state index is -0.108. The third kappa shape index (κ3) is 4.25. The molecule has 26 heavy (non-hydrogen) atoms. The number of rotatable bonds is 6. The van der Waals surface area contributed by atoms with Crippen LogP contribution in [0.5, 0.6) is 0 Å². The van der Waals surface area contributed by atoms with Crippen LogP contribution < -0.4 is 5.32 Å². The Balaban J connectivity index is 1.27. The number of ether oxygens (including phenoxy) is 1. The Morgan fingerprint density at radius 1 is 1.31 bits per heavy atom. The lowest BCUT2D eigenvalue weighted by atomic mass is 10.0. The van der Waals surface area contributed by atoms with Gasteiger partial charge in [0.05, 0.1) is 17.6 Å². The van der Waals surface area contributed by atoms with Crippen molar-refractivity contribution >= 4 is 34.5 Å². The Morgan fingerprint density at radius 2 is 2.15 bits per heavy atom. The molecule has 1 amide bonds. The van der Waals surface area contributed by atoms with Gasteiger partial charge in [-0.3, -0.25) is 9.48 Å². The maximum atomic E-state index is 12.1. The number of hydrogen-bond acceptors (Lipinski definition) is 6. The normalized spacial score (nSPS) is 15.4. The first-order valence-corrected chi connectivity index (χ1v) is 9.63. The van der Waals surface area contributed by atoms with Gasteiger partial charge >= 0.3 is 0 Å². The molecule has 0 bridgehead atoms. The zero-order chi connectivity index (χ0) is 17.8. The number of amides is 1. The largest absolute Gasteiger partial charge is 0.431 e. The average Bonchev–Trinajstić information content (AvgIpc) is 3.27. The topological polar surface area (TPSA) is 82.2 Å². The number of aromatic nitrogens is 3. The number of fused-ring (bicyclic) bond motifs is 1. The number of anilines is 1. The van der Waals surface area contributed by atoms with E-state index in [0.717, 1.165) is 43.7 Å². The first-order chi connectivity index (χ1) is 12.8. The summed E-state index contributed by atoms with van der Waals surface area (Å²) in [4.78, 5) is 16.5. The molecule has 0 aliphatic carbocycles. The van der Waals surface area contributed by atoms with Crippen molar-refractivity contribution in [3.05, 3.63) is 36.7 Å². The molecule has 1 saturated heterocycles. The van der Waals surface area contributed by atoms with Crippen LogP contribution in [0.3, 0.4) is 0 Å². The highest BCUT2D eigenvalue weighted by Gasteiger charge is 2.15. The van der Waals surface area contributed by atoms with Crippen molar-refractivity contribution in [3.8, 4) is 0 Å². The molecule has 0 radical (unpaired) electrons. The van der Waals surface area contributed by atoms with Crippen LogP contribution in [0.25, 0.3) is 11.1 Å². The van der Waals surface area contributed by atoms with Crippen LogP contribution >= 0.6 is 11.8 Å². The lowest BCUT2D eigenvalue weighted by molar-refractivity contribution is -0.113. The summed E-state index contributed by atoms with van der Waals surface area (Å²) in [7, 11) is 0. The Labute approximate surface area is 155 Å². The van der Waals surface area contributed by atoms with Crippen LogP contribution in [0, 0.1) is 5.92 Å². The molecule has 4 rings (SSSR count). The number of oxazole rings is 1. The number of hydrogen-bond donors (Lipinski definition) is 1. The van der Waals surface area contributed by atoms with E-state index >= 15 is 0 Å². The lowest BCUT2D eigenvalue weighted by Gasteiger charge is -2.21. The van der Waals surface area contributed by atoms with Crippen LogP contribution in [0.2, 0.25) is 0 Å². The molecule has 2 aromatic heterocycles. The molecule has 1 aromatic carbocycles. The van der Waals surface area contributed by atoms with Crippen LogP contribution in [0.4, 0.5) is 5.69 Å². The predicted octanol–water partition coefficient (Wildman–Crippen LogP) is 3.18. The van der Waals surface area contributed by atoms with Crippen molar-refractivity contribution in [2.45, 2.75) is 24.6 Å². The van der Waals surface area contributed by atoms with Crippen molar-refractivity contribution < 1.29 is 13.9 Å². The number of nitrogens with zero attached hydrogens (tertiary/aromatic N) is 3. The fourth-order valence-electron chi connectivity index (χ4n) is 2.96. The van der Waals surface area contributed by atoms with E-state index in [-0.39, 0.29) is 11.7 Å². The summed E-state index contributed by atoms with van der Waals surface area (Å²) in [6, 6.07) is 7.55. The number of carbonyl (C=O) groups excluding carboxylic acids is 1. The van der Waals surface area contributed by atoms with E-state index in [4.69, 9.17) is 9.15 Å². The van der Waals surface area contributed by atoms with Gasteiger partial charge < -0.3 is 14.5 Å². The zero-order valence-electron chi connectivity index (χ0n) is 14.3. The summed E-state index contributed by atoms with van der Waals surface area (Å²) in [6.07, 6.45) is 5.67. The maximum absolute atomic E-state index is 12.1. The predicted molar refractivity (Wildman–Crippen MR) is 99.1 cm³/mol. The molecule has 3 aromatic rings. The number of para-hydroxylation sites is 2. The summed E-state index contributed by atoms with van der Waals surface area (Å²) in [6.45, 7) is 2.50. The number of thioether (sulfide) groups is 1. The minimum Gasteiger partial charge on any atom is -0.431 e. The second kappa shape index (κ2) is 7.92. The van der Waals surface area contributed by atoms with E-state index in [1.54, 1.807) is 6.20 Å². The molecule has 0 unspecified atom stereocenters. The fourth-order valence-corrected chi connectivity index (χ4v) is 3.60. The van der Waals surface area contributed by atoms with E-state index in [1.165, 1.54) is 11.8 Å². The molecule has 7 nitrogen and oxygen atoms in total. The van der Waals surface area contributed by atoms with Crippen molar-refractivity contribution in [1.82, 2.24) is 14.8 Å². The average molecular weight is 372 g/mol. The van der Waals surface area contributed by atoms with Gasteiger partial charge in [0, 0.05) is 26.0 Å². The first-order valence-electron chi connectivity index (χ1n) is 8.65. The van der Waals surface area contributed by atoms with E-state index in [1.807, 2.05) is 35.1 Å². The Hall–Kier alpha value is -2.32. The molecule has 1 aliphatic rings. The van der Waals surface area contributed by atoms with Crippen LogP contribution in [0.1, 0.15) is 12.8 Å². The standard InChI is InChI=1S/C18H20N4O3S/c23-17(12-26-18-21-15-3-1-2-4-16(15)25-18)20-14-9-19-22(11-14)10-13-5-7-24-8-6-13/h1-4,9,11,13H,5-8,10,12H2,(H,20,23). The lowest BCUT2D eigenvalue weighted by Crippen LogP contribution is -2.20. The number of carbonyl (C=O) groups is 1. The Morgan fingerprint density at radius 3 is 3.00 bits per heavy atom. The van der Waals surface area contributed by atoms with Crippen LogP contribution in [-0.2, 0) is 16.1 Å². The van der Waals surface area contributed by atoms with Crippen LogP contribution in [-0.4, -0.2) is 39.6 Å². The van der Waals surface area contributed by atoms with Crippen molar-refractivity contribution in [2.24, 2.45) is 5.92 Å². The quantitative estimate of drug-likeness (QED) is 0.669. The minimum absolute atomic E-state index is 0.108. The molecular formula is C18H20N4O3S. The molecule has 0 atom stereocenters.